The number of anilines is 1. The van der Waals surface area contributed by atoms with Crippen molar-refractivity contribution in [2.24, 2.45) is 0 Å². The predicted octanol–water partition coefficient (Wildman–Crippen LogP) is 1.55. The normalized spacial score (nSPS) is 17.7. The minimum Gasteiger partial charge on any atom is -0.379 e. The summed E-state index contributed by atoms with van der Waals surface area (Å²) in [5.74, 6) is 0.678. The van der Waals surface area contributed by atoms with E-state index in [0.717, 1.165) is 26.3 Å². The summed E-state index contributed by atoms with van der Waals surface area (Å²) in [6.07, 6.45) is 1.43. The summed E-state index contributed by atoms with van der Waals surface area (Å²) < 4.78 is 5.92. The number of hydrazine groups is 1. The van der Waals surface area contributed by atoms with Gasteiger partial charge in [-0.2, -0.15) is 0 Å². The van der Waals surface area contributed by atoms with E-state index in [1.54, 1.807) is 0 Å². The number of ether oxygens (including phenoxy) is 1. The average Bonchev–Trinajstić information content (AvgIpc) is 2.26. The molecule has 0 atom stereocenters. The third kappa shape index (κ3) is 2.78. The van der Waals surface area contributed by atoms with E-state index in [0.29, 0.717) is 15.4 Å². The van der Waals surface area contributed by atoms with Crippen LogP contribution in [0.1, 0.15) is 0 Å². The molecule has 1 fully saturated rings. The molecule has 1 aromatic heterocycles. The van der Waals surface area contributed by atoms with E-state index in [1.165, 1.54) is 6.33 Å². The molecule has 1 aliphatic heterocycles. The largest absolute Gasteiger partial charge is 0.379 e. The first kappa shape index (κ1) is 11.1. The van der Waals surface area contributed by atoms with Crippen molar-refractivity contribution in [1.29, 1.82) is 0 Å². The van der Waals surface area contributed by atoms with E-state index in [1.807, 2.05) is 5.01 Å². The molecule has 0 saturated carbocycles. The lowest BCUT2D eigenvalue weighted by molar-refractivity contribution is 0.0494. The summed E-state index contributed by atoms with van der Waals surface area (Å²) in [6.45, 7) is 3.11. The summed E-state index contributed by atoms with van der Waals surface area (Å²) >= 11 is 9.18. The first-order valence-electron chi connectivity index (χ1n) is 4.52. The lowest BCUT2D eigenvalue weighted by Gasteiger charge is -2.27. The molecule has 1 aromatic rings. The number of aromatic nitrogens is 2. The summed E-state index contributed by atoms with van der Waals surface area (Å²) in [5, 5.41) is 2.44. The van der Waals surface area contributed by atoms with Gasteiger partial charge in [0.05, 0.1) is 17.7 Å². The standard InChI is InChI=1S/C8H10BrClN4O/c9-6-7(10)11-5-12-8(6)13-14-1-3-15-4-2-14/h5H,1-4H2,(H,11,12,13). The molecule has 1 N–H and O–H groups in total. The highest BCUT2D eigenvalue weighted by molar-refractivity contribution is 9.10. The van der Waals surface area contributed by atoms with E-state index >= 15 is 0 Å². The van der Waals surface area contributed by atoms with Gasteiger partial charge in [-0.05, 0) is 15.9 Å². The van der Waals surface area contributed by atoms with Crippen LogP contribution in [0.2, 0.25) is 5.15 Å². The molecule has 0 spiro atoms. The van der Waals surface area contributed by atoms with E-state index in [4.69, 9.17) is 16.3 Å². The lowest BCUT2D eigenvalue weighted by atomic mass is 10.5. The van der Waals surface area contributed by atoms with Gasteiger partial charge in [-0.1, -0.05) is 11.6 Å². The maximum absolute atomic E-state index is 5.85. The van der Waals surface area contributed by atoms with Gasteiger partial charge in [0.1, 0.15) is 11.5 Å². The highest BCUT2D eigenvalue weighted by Crippen LogP contribution is 2.26. The Morgan fingerprint density at radius 2 is 2.13 bits per heavy atom. The Morgan fingerprint density at radius 3 is 2.87 bits per heavy atom. The zero-order valence-electron chi connectivity index (χ0n) is 7.91. The zero-order valence-corrected chi connectivity index (χ0v) is 10.3. The number of hydrogen-bond acceptors (Lipinski definition) is 5. The second-order valence-electron chi connectivity index (χ2n) is 3.04. The highest BCUT2D eigenvalue weighted by atomic mass is 79.9. The fraction of sp³-hybridized carbons (Fsp3) is 0.500. The Labute approximate surface area is 101 Å². The van der Waals surface area contributed by atoms with Crippen molar-refractivity contribution in [3.05, 3.63) is 16.0 Å². The van der Waals surface area contributed by atoms with Crippen LogP contribution in [0.15, 0.2) is 10.8 Å². The first-order chi connectivity index (χ1) is 7.27. The Balaban J connectivity index is 2.06. The smallest absolute Gasteiger partial charge is 0.159 e. The Hall–Kier alpha value is -0.430. The Morgan fingerprint density at radius 1 is 1.40 bits per heavy atom. The lowest BCUT2D eigenvalue weighted by Crippen LogP contribution is -2.40. The topological polar surface area (TPSA) is 50.3 Å². The summed E-state index contributed by atoms with van der Waals surface area (Å²) in [6, 6.07) is 0. The highest BCUT2D eigenvalue weighted by Gasteiger charge is 2.13. The van der Waals surface area contributed by atoms with Crippen LogP contribution in [-0.4, -0.2) is 41.3 Å². The van der Waals surface area contributed by atoms with E-state index in [2.05, 4.69) is 31.3 Å². The molecule has 1 aliphatic rings. The number of hydrogen-bond donors (Lipinski definition) is 1. The van der Waals surface area contributed by atoms with Crippen molar-refractivity contribution in [2.75, 3.05) is 31.7 Å². The molecule has 0 aromatic carbocycles. The predicted molar refractivity (Wildman–Crippen MR) is 60.8 cm³/mol. The van der Waals surface area contributed by atoms with Gasteiger partial charge in [-0.3, -0.25) is 0 Å². The molecular formula is C8H10BrClN4O. The maximum Gasteiger partial charge on any atom is 0.159 e. The van der Waals surface area contributed by atoms with Gasteiger partial charge in [0.25, 0.3) is 0 Å². The van der Waals surface area contributed by atoms with Gasteiger partial charge in [-0.25, -0.2) is 15.0 Å². The zero-order chi connectivity index (χ0) is 10.7. The SMILES string of the molecule is Clc1ncnc(NN2CCOCC2)c1Br. The van der Waals surface area contributed by atoms with E-state index in [9.17, 15) is 0 Å². The Kier molecular flexibility index (Phi) is 3.74. The quantitative estimate of drug-likeness (QED) is 0.839. The maximum atomic E-state index is 5.85. The second kappa shape index (κ2) is 5.07. The monoisotopic (exact) mass is 292 g/mol. The van der Waals surface area contributed by atoms with E-state index < -0.39 is 0 Å². The minimum atomic E-state index is 0.403. The molecular weight excluding hydrogens is 283 g/mol. The molecule has 1 saturated heterocycles. The van der Waals surface area contributed by atoms with Crippen LogP contribution in [0, 0.1) is 0 Å². The van der Waals surface area contributed by atoms with Crippen LogP contribution in [0.4, 0.5) is 5.82 Å². The van der Waals surface area contributed by atoms with Crippen LogP contribution in [0.25, 0.3) is 0 Å². The van der Waals surface area contributed by atoms with Crippen LogP contribution >= 0.6 is 27.5 Å². The number of morpholine rings is 1. The van der Waals surface area contributed by atoms with Crippen LogP contribution in [0.5, 0.6) is 0 Å². The first-order valence-corrected chi connectivity index (χ1v) is 5.70. The van der Waals surface area contributed by atoms with Crippen molar-refractivity contribution in [3.63, 3.8) is 0 Å². The van der Waals surface area contributed by atoms with Gasteiger partial charge in [0.2, 0.25) is 0 Å². The molecule has 0 aliphatic carbocycles. The Bertz CT molecular complexity index is 345. The van der Waals surface area contributed by atoms with Gasteiger partial charge < -0.3 is 10.2 Å². The van der Waals surface area contributed by atoms with Crippen molar-refractivity contribution >= 4 is 33.3 Å². The van der Waals surface area contributed by atoms with Crippen LogP contribution < -0.4 is 5.43 Å². The molecule has 5 nitrogen and oxygen atoms in total. The molecule has 7 heteroatoms. The number of nitrogens with one attached hydrogen (secondary N) is 1. The van der Waals surface area contributed by atoms with Gasteiger partial charge in [0.15, 0.2) is 5.82 Å². The van der Waals surface area contributed by atoms with Crippen LogP contribution in [0.3, 0.4) is 0 Å². The molecule has 2 rings (SSSR count). The van der Waals surface area contributed by atoms with Gasteiger partial charge >= 0.3 is 0 Å². The second-order valence-corrected chi connectivity index (χ2v) is 4.19. The van der Waals surface area contributed by atoms with Crippen molar-refractivity contribution in [1.82, 2.24) is 15.0 Å². The molecule has 0 radical (unpaired) electrons. The van der Waals surface area contributed by atoms with Crippen molar-refractivity contribution in [2.45, 2.75) is 0 Å². The number of rotatable bonds is 2. The van der Waals surface area contributed by atoms with Crippen molar-refractivity contribution < 1.29 is 4.74 Å². The molecule has 0 unspecified atom stereocenters. The third-order valence-corrected chi connectivity index (χ3v) is 3.29. The van der Waals surface area contributed by atoms with Gasteiger partial charge in [-0.15, -0.1) is 0 Å². The van der Waals surface area contributed by atoms with Crippen molar-refractivity contribution in [3.8, 4) is 0 Å². The molecule has 0 bridgehead atoms. The van der Waals surface area contributed by atoms with E-state index in [-0.39, 0.29) is 0 Å². The third-order valence-electron chi connectivity index (χ3n) is 2.02. The van der Waals surface area contributed by atoms with Crippen LogP contribution in [-0.2, 0) is 4.74 Å². The summed E-state index contributed by atoms with van der Waals surface area (Å²) in [7, 11) is 0. The van der Waals surface area contributed by atoms with Gasteiger partial charge in [0, 0.05) is 13.1 Å². The fourth-order valence-corrected chi connectivity index (χ4v) is 1.68. The molecule has 82 valence electrons. The molecule has 0 amide bonds. The number of halogens is 2. The molecule has 15 heavy (non-hydrogen) atoms. The number of nitrogens with zero attached hydrogens (tertiary/aromatic N) is 3. The molecule has 2 heterocycles. The summed E-state index contributed by atoms with van der Waals surface area (Å²) in [4.78, 5) is 7.95. The fourth-order valence-electron chi connectivity index (χ4n) is 1.25. The minimum absolute atomic E-state index is 0.403. The average molecular weight is 294 g/mol. The summed E-state index contributed by atoms with van der Waals surface area (Å²) in [5.41, 5.74) is 3.16.